The summed E-state index contributed by atoms with van der Waals surface area (Å²) in [6.07, 6.45) is 2.78. The van der Waals surface area contributed by atoms with E-state index in [0.717, 1.165) is 11.3 Å². The van der Waals surface area contributed by atoms with Crippen LogP contribution < -0.4 is 5.32 Å². The largest absolute Gasteiger partial charge is 0.382 e. The van der Waals surface area contributed by atoms with Crippen molar-refractivity contribution in [1.82, 2.24) is 10.3 Å². The SMILES string of the molecule is COC[C@@H](NC(=O)c1cccc2c1CCC2=O)c1ccccn1. The van der Waals surface area contributed by atoms with E-state index in [2.05, 4.69) is 10.3 Å². The zero-order valence-electron chi connectivity index (χ0n) is 12.9. The van der Waals surface area contributed by atoms with Gasteiger partial charge in [-0.2, -0.15) is 0 Å². The molecule has 5 nitrogen and oxygen atoms in total. The Morgan fingerprint density at radius 2 is 2.13 bits per heavy atom. The lowest BCUT2D eigenvalue weighted by molar-refractivity contribution is 0.0893. The normalized spacial score (nSPS) is 14.4. The van der Waals surface area contributed by atoms with Gasteiger partial charge in [0, 0.05) is 30.9 Å². The van der Waals surface area contributed by atoms with Crippen molar-refractivity contribution in [3.8, 4) is 0 Å². The molecule has 0 unspecified atom stereocenters. The van der Waals surface area contributed by atoms with Crippen LogP contribution in [0.25, 0.3) is 0 Å². The highest BCUT2D eigenvalue weighted by molar-refractivity contribution is 6.05. The van der Waals surface area contributed by atoms with Crippen LogP contribution in [-0.2, 0) is 11.2 Å². The smallest absolute Gasteiger partial charge is 0.252 e. The van der Waals surface area contributed by atoms with Gasteiger partial charge >= 0.3 is 0 Å². The standard InChI is InChI=1S/C18H18N2O3/c1-23-11-16(15-7-2-3-10-19-15)20-18(22)14-6-4-5-13-12(14)8-9-17(13)21/h2-7,10,16H,8-9,11H2,1H3,(H,20,22)/t16-/m1/s1. The highest BCUT2D eigenvalue weighted by Gasteiger charge is 2.25. The summed E-state index contributed by atoms with van der Waals surface area (Å²) in [4.78, 5) is 28.8. The number of benzene rings is 1. The molecular formula is C18H18N2O3. The lowest BCUT2D eigenvalue weighted by Gasteiger charge is -2.18. The van der Waals surface area contributed by atoms with Crippen LogP contribution >= 0.6 is 0 Å². The quantitative estimate of drug-likeness (QED) is 0.920. The number of hydrogen-bond acceptors (Lipinski definition) is 4. The van der Waals surface area contributed by atoms with Crippen molar-refractivity contribution in [2.75, 3.05) is 13.7 Å². The van der Waals surface area contributed by atoms with Crippen molar-refractivity contribution in [2.45, 2.75) is 18.9 Å². The maximum Gasteiger partial charge on any atom is 0.252 e. The van der Waals surface area contributed by atoms with Crippen LogP contribution in [-0.4, -0.2) is 30.4 Å². The van der Waals surface area contributed by atoms with Crippen LogP contribution in [0.15, 0.2) is 42.6 Å². The predicted molar refractivity (Wildman–Crippen MR) is 85.4 cm³/mol. The lowest BCUT2D eigenvalue weighted by Crippen LogP contribution is -2.32. The Morgan fingerprint density at radius 3 is 2.87 bits per heavy atom. The molecule has 1 aliphatic carbocycles. The maximum absolute atomic E-state index is 12.7. The number of ether oxygens (including phenoxy) is 1. The fourth-order valence-electron chi connectivity index (χ4n) is 2.89. The number of nitrogens with zero attached hydrogens (tertiary/aromatic N) is 1. The van der Waals surface area contributed by atoms with Crippen molar-refractivity contribution in [1.29, 1.82) is 0 Å². The van der Waals surface area contributed by atoms with Crippen LogP contribution in [0.3, 0.4) is 0 Å². The minimum atomic E-state index is -0.332. The van der Waals surface area contributed by atoms with Crippen molar-refractivity contribution in [3.05, 3.63) is 65.0 Å². The number of carbonyl (C=O) groups excluding carboxylic acids is 2. The molecule has 1 amide bonds. The molecular weight excluding hydrogens is 292 g/mol. The fourth-order valence-corrected chi connectivity index (χ4v) is 2.89. The predicted octanol–water partition coefficient (Wildman–Crippen LogP) is 2.33. The molecule has 0 fully saturated rings. The van der Waals surface area contributed by atoms with Gasteiger partial charge in [0.1, 0.15) is 0 Å². The van der Waals surface area contributed by atoms with Gasteiger partial charge in [-0.3, -0.25) is 14.6 Å². The van der Waals surface area contributed by atoms with Crippen LogP contribution in [0.1, 0.15) is 44.4 Å². The number of Topliss-reactive ketones (excluding diaryl/α,β-unsaturated/α-hetero) is 1. The lowest BCUT2D eigenvalue weighted by atomic mass is 10.0. The van der Waals surface area contributed by atoms with Gasteiger partial charge in [0.15, 0.2) is 5.78 Å². The third-order valence-electron chi connectivity index (χ3n) is 4.01. The molecule has 1 atom stereocenters. The summed E-state index contributed by atoms with van der Waals surface area (Å²) in [5.41, 5.74) is 2.81. The molecule has 118 valence electrons. The molecule has 1 aliphatic rings. The molecule has 0 spiro atoms. The van der Waals surface area contributed by atoms with Crippen molar-refractivity contribution >= 4 is 11.7 Å². The highest BCUT2D eigenvalue weighted by Crippen LogP contribution is 2.25. The van der Waals surface area contributed by atoms with Crippen LogP contribution in [0.4, 0.5) is 0 Å². The first-order valence-corrected chi connectivity index (χ1v) is 7.56. The number of fused-ring (bicyclic) bond motifs is 1. The number of amides is 1. The third-order valence-corrected chi connectivity index (χ3v) is 4.01. The van der Waals surface area contributed by atoms with Gasteiger partial charge in [0.05, 0.1) is 18.3 Å². The topological polar surface area (TPSA) is 68.3 Å². The van der Waals surface area contributed by atoms with E-state index >= 15 is 0 Å². The average molecular weight is 310 g/mol. The van der Waals surface area contributed by atoms with Crippen LogP contribution in [0.5, 0.6) is 0 Å². The molecule has 0 saturated heterocycles. The summed E-state index contributed by atoms with van der Waals surface area (Å²) in [6, 6.07) is 10.5. The third kappa shape index (κ3) is 3.14. The van der Waals surface area contributed by atoms with E-state index in [9.17, 15) is 9.59 Å². The highest BCUT2D eigenvalue weighted by atomic mass is 16.5. The number of methoxy groups -OCH3 is 1. The van der Waals surface area contributed by atoms with Crippen molar-refractivity contribution in [3.63, 3.8) is 0 Å². The number of ketones is 1. The van der Waals surface area contributed by atoms with Gasteiger partial charge < -0.3 is 10.1 Å². The van der Waals surface area contributed by atoms with E-state index in [0.29, 0.717) is 30.6 Å². The Kier molecular flexibility index (Phi) is 4.48. The molecule has 1 aromatic heterocycles. The first-order chi connectivity index (χ1) is 11.2. The molecule has 5 heteroatoms. The fraction of sp³-hybridized carbons (Fsp3) is 0.278. The number of rotatable bonds is 5. The van der Waals surface area contributed by atoms with E-state index in [1.807, 2.05) is 18.2 Å². The Labute approximate surface area is 134 Å². The molecule has 0 saturated carbocycles. The zero-order valence-corrected chi connectivity index (χ0v) is 12.9. The van der Waals surface area contributed by atoms with E-state index in [-0.39, 0.29) is 17.7 Å². The molecule has 1 N–H and O–H groups in total. The summed E-state index contributed by atoms with van der Waals surface area (Å²) in [5.74, 6) is -0.0999. The average Bonchev–Trinajstić information content (AvgIpc) is 2.96. The zero-order chi connectivity index (χ0) is 16.2. The maximum atomic E-state index is 12.7. The van der Waals surface area contributed by atoms with Gasteiger partial charge in [-0.1, -0.05) is 18.2 Å². The minimum Gasteiger partial charge on any atom is -0.382 e. The first kappa shape index (κ1) is 15.4. The molecule has 1 heterocycles. The van der Waals surface area contributed by atoms with Crippen molar-refractivity contribution < 1.29 is 14.3 Å². The number of hydrogen-bond donors (Lipinski definition) is 1. The van der Waals surface area contributed by atoms with Crippen molar-refractivity contribution in [2.24, 2.45) is 0 Å². The van der Waals surface area contributed by atoms with E-state index in [1.165, 1.54) is 0 Å². The number of aromatic nitrogens is 1. The van der Waals surface area contributed by atoms with Gasteiger partial charge in [0.2, 0.25) is 0 Å². The molecule has 1 aromatic carbocycles. The van der Waals surface area contributed by atoms with E-state index < -0.39 is 0 Å². The summed E-state index contributed by atoms with van der Waals surface area (Å²) in [5, 5.41) is 2.96. The molecule has 0 bridgehead atoms. The Hall–Kier alpha value is -2.53. The molecule has 2 aromatic rings. The first-order valence-electron chi connectivity index (χ1n) is 7.56. The van der Waals surface area contributed by atoms with Gasteiger partial charge in [-0.25, -0.2) is 0 Å². The molecule has 0 aliphatic heterocycles. The molecule has 0 radical (unpaired) electrons. The second kappa shape index (κ2) is 6.71. The summed E-state index contributed by atoms with van der Waals surface area (Å²) < 4.78 is 5.20. The van der Waals surface area contributed by atoms with E-state index in [4.69, 9.17) is 4.74 Å². The monoisotopic (exact) mass is 310 g/mol. The van der Waals surface area contributed by atoms with E-state index in [1.54, 1.807) is 31.5 Å². The second-order valence-electron chi connectivity index (χ2n) is 5.49. The minimum absolute atomic E-state index is 0.104. The van der Waals surface area contributed by atoms with Crippen LogP contribution in [0.2, 0.25) is 0 Å². The second-order valence-corrected chi connectivity index (χ2v) is 5.49. The van der Waals surface area contributed by atoms with Crippen LogP contribution in [0, 0.1) is 0 Å². The van der Waals surface area contributed by atoms with Gasteiger partial charge in [-0.15, -0.1) is 0 Å². The summed E-state index contributed by atoms with van der Waals surface area (Å²) in [6.45, 7) is 0.330. The Morgan fingerprint density at radius 1 is 1.26 bits per heavy atom. The number of pyridine rings is 1. The van der Waals surface area contributed by atoms with Gasteiger partial charge in [0.25, 0.3) is 5.91 Å². The number of nitrogens with one attached hydrogen (secondary N) is 1. The summed E-state index contributed by atoms with van der Waals surface area (Å²) in [7, 11) is 1.58. The summed E-state index contributed by atoms with van der Waals surface area (Å²) >= 11 is 0. The Bertz CT molecular complexity index is 728. The molecule has 3 rings (SSSR count). The van der Waals surface area contributed by atoms with Gasteiger partial charge in [-0.05, 0) is 30.2 Å². The molecule has 23 heavy (non-hydrogen) atoms. The number of carbonyl (C=O) groups is 2. The Balaban J connectivity index is 1.85.